The number of nitrogens with one attached hydrogen (secondary N) is 1. The number of amides is 1. The Balaban J connectivity index is 2.43. The van der Waals surface area contributed by atoms with Crippen LogP contribution in [0.5, 0.6) is 0 Å². The van der Waals surface area contributed by atoms with E-state index in [9.17, 15) is 9.59 Å². The van der Waals surface area contributed by atoms with Crippen molar-refractivity contribution in [3.8, 4) is 0 Å². The molecular formula is C17H31NO3S. The number of carboxylic acids is 1. The van der Waals surface area contributed by atoms with Crippen molar-refractivity contribution in [2.75, 3.05) is 5.75 Å². The molecule has 0 aromatic heterocycles. The molecule has 1 aliphatic carbocycles. The molecule has 0 aromatic rings. The molecule has 0 aliphatic heterocycles. The zero-order chi connectivity index (χ0) is 16.8. The molecule has 5 heteroatoms. The van der Waals surface area contributed by atoms with Crippen molar-refractivity contribution >= 4 is 24.5 Å². The first-order chi connectivity index (χ1) is 10.3. The van der Waals surface area contributed by atoms with E-state index in [1.54, 1.807) is 0 Å². The van der Waals surface area contributed by atoms with Crippen LogP contribution >= 0.6 is 12.6 Å². The summed E-state index contributed by atoms with van der Waals surface area (Å²) in [7, 11) is 0. The number of hydrogen-bond donors (Lipinski definition) is 3. The lowest BCUT2D eigenvalue weighted by atomic mass is 9.70. The summed E-state index contributed by atoms with van der Waals surface area (Å²) in [4.78, 5) is 23.4. The predicted octanol–water partition coefficient (Wildman–Crippen LogP) is 3.51. The molecule has 0 bridgehead atoms. The fourth-order valence-corrected chi connectivity index (χ4v) is 3.41. The normalized spacial score (nSPS) is 26.7. The minimum absolute atomic E-state index is 0.120. The van der Waals surface area contributed by atoms with Gasteiger partial charge in [0.25, 0.3) is 0 Å². The standard InChI is InChI=1S/C17H31NO3S/c1-12(2)5-4-6-13-7-9-17(3,10-8-13)16(21)18-14(11-22)15(19)20/h12-14,22H,4-11H2,1-3H3,(H,18,21)(H,19,20)/t13-,14-,17+/m0/s1. The lowest BCUT2D eigenvalue weighted by Crippen LogP contribution is -2.49. The number of aliphatic carboxylic acids is 1. The van der Waals surface area contributed by atoms with Crippen molar-refractivity contribution in [3.63, 3.8) is 0 Å². The highest BCUT2D eigenvalue weighted by Crippen LogP contribution is 2.40. The fourth-order valence-electron chi connectivity index (χ4n) is 3.16. The molecule has 1 saturated carbocycles. The molecule has 0 saturated heterocycles. The largest absolute Gasteiger partial charge is 0.480 e. The third-order valence-corrected chi connectivity index (χ3v) is 5.30. The maximum absolute atomic E-state index is 12.4. The van der Waals surface area contributed by atoms with Gasteiger partial charge in [-0.25, -0.2) is 4.79 Å². The summed E-state index contributed by atoms with van der Waals surface area (Å²) < 4.78 is 0. The van der Waals surface area contributed by atoms with Crippen LogP contribution in [0.3, 0.4) is 0 Å². The maximum atomic E-state index is 12.4. The van der Waals surface area contributed by atoms with E-state index in [2.05, 4.69) is 31.8 Å². The van der Waals surface area contributed by atoms with Crippen LogP contribution in [0.4, 0.5) is 0 Å². The third kappa shape index (κ3) is 5.82. The van der Waals surface area contributed by atoms with Crippen molar-refractivity contribution in [1.82, 2.24) is 5.32 Å². The van der Waals surface area contributed by atoms with Crippen molar-refractivity contribution < 1.29 is 14.7 Å². The fraction of sp³-hybridized carbons (Fsp3) is 0.882. The lowest BCUT2D eigenvalue weighted by Gasteiger charge is -2.36. The second-order valence-corrected chi connectivity index (χ2v) is 7.74. The highest BCUT2D eigenvalue weighted by atomic mass is 32.1. The molecule has 1 atom stereocenters. The lowest BCUT2D eigenvalue weighted by molar-refractivity contribution is -0.143. The second kappa shape index (κ2) is 8.80. The first-order valence-electron chi connectivity index (χ1n) is 8.43. The number of rotatable bonds is 8. The average Bonchev–Trinajstić information content (AvgIpc) is 2.46. The van der Waals surface area contributed by atoms with Gasteiger partial charge < -0.3 is 10.4 Å². The van der Waals surface area contributed by atoms with Crippen LogP contribution < -0.4 is 5.32 Å². The van der Waals surface area contributed by atoms with E-state index in [4.69, 9.17) is 5.11 Å². The zero-order valence-electron chi connectivity index (χ0n) is 14.1. The molecule has 0 unspecified atom stereocenters. The van der Waals surface area contributed by atoms with Crippen molar-refractivity contribution in [1.29, 1.82) is 0 Å². The Bertz CT molecular complexity index is 376. The molecule has 22 heavy (non-hydrogen) atoms. The predicted molar refractivity (Wildman–Crippen MR) is 92.2 cm³/mol. The Morgan fingerprint density at radius 2 is 1.91 bits per heavy atom. The van der Waals surface area contributed by atoms with Gasteiger partial charge in [0.1, 0.15) is 6.04 Å². The first kappa shape index (κ1) is 19.3. The molecule has 1 rings (SSSR count). The van der Waals surface area contributed by atoms with Gasteiger partial charge in [0.05, 0.1) is 0 Å². The SMILES string of the molecule is CC(C)CCC[C@H]1CC[C@@](C)(C(=O)N[C@@H](CS)C(=O)O)CC1. The average molecular weight is 330 g/mol. The van der Waals surface area contributed by atoms with Crippen molar-refractivity contribution in [3.05, 3.63) is 0 Å². The molecule has 0 radical (unpaired) electrons. The summed E-state index contributed by atoms with van der Waals surface area (Å²) in [6.45, 7) is 6.47. The molecule has 1 amide bonds. The molecule has 128 valence electrons. The van der Waals surface area contributed by atoms with E-state index in [0.717, 1.165) is 37.5 Å². The summed E-state index contributed by atoms with van der Waals surface area (Å²) in [6, 6.07) is -0.892. The van der Waals surface area contributed by atoms with Gasteiger partial charge >= 0.3 is 5.97 Å². The van der Waals surface area contributed by atoms with E-state index < -0.39 is 17.4 Å². The molecule has 1 aliphatic rings. The van der Waals surface area contributed by atoms with Crippen LogP contribution in [0.15, 0.2) is 0 Å². The summed E-state index contributed by atoms with van der Waals surface area (Å²) in [5, 5.41) is 11.7. The number of carboxylic acid groups (broad SMARTS) is 1. The molecular weight excluding hydrogens is 298 g/mol. The summed E-state index contributed by atoms with van der Waals surface area (Å²) in [5.74, 6) is 0.451. The highest BCUT2D eigenvalue weighted by Gasteiger charge is 2.38. The van der Waals surface area contributed by atoms with Gasteiger partial charge in [0.15, 0.2) is 0 Å². The van der Waals surface area contributed by atoms with E-state index in [1.165, 1.54) is 19.3 Å². The Hall–Kier alpha value is -0.710. The number of hydrogen-bond acceptors (Lipinski definition) is 3. The third-order valence-electron chi connectivity index (χ3n) is 4.94. The summed E-state index contributed by atoms with van der Waals surface area (Å²) in [5.41, 5.74) is -0.425. The number of carbonyl (C=O) groups is 2. The number of thiol groups is 1. The van der Waals surface area contributed by atoms with Crippen LogP contribution in [-0.4, -0.2) is 28.8 Å². The van der Waals surface area contributed by atoms with E-state index in [-0.39, 0.29) is 11.7 Å². The highest BCUT2D eigenvalue weighted by molar-refractivity contribution is 7.80. The van der Waals surface area contributed by atoms with Gasteiger partial charge in [-0.05, 0) is 37.5 Å². The minimum atomic E-state index is -1.02. The van der Waals surface area contributed by atoms with Gasteiger partial charge in [-0.1, -0.05) is 40.0 Å². The maximum Gasteiger partial charge on any atom is 0.327 e. The quantitative estimate of drug-likeness (QED) is 0.597. The number of carbonyl (C=O) groups excluding carboxylic acids is 1. The van der Waals surface area contributed by atoms with Crippen LogP contribution in [0.25, 0.3) is 0 Å². The van der Waals surface area contributed by atoms with Gasteiger partial charge in [-0.2, -0.15) is 12.6 Å². The van der Waals surface area contributed by atoms with E-state index >= 15 is 0 Å². The molecule has 4 nitrogen and oxygen atoms in total. The Labute approximate surface area is 139 Å². The first-order valence-corrected chi connectivity index (χ1v) is 9.06. The van der Waals surface area contributed by atoms with Crippen LogP contribution in [0, 0.1) is 17.3 Å². The van der Waals surface area contributed by atoms with Gasteiger partial charge in [-0.15, -0.1) is 0 Å². The van der Waals surface area contributed by atoms with Crippen molar-refractivity contribution in [2.45, 2.75) is 71.8 Å². The molecule has 2 N–H and O–H groups in total. The molecule has 0 heterocycles. The summed E-state index contributed by atoms with van der Waals surface area (Å²) >= 11 is 3.99. The van der Waals surface area contributed by atoms with Crippen LogP contribution in [-0.2, 0) is 9.59 Å². The van der Waals surface area contributed by atoms with E-state index in [1.807, 2.05) is 6.92 Å². The molecule has 1 fully saturated rings. The summed E-state index contributed by atoms with van der Waals surface area (Å²) in [6.07, 6.45) is 7.64. The Kier molecular flexibility index (Phi) is 7.74. The molecule has 0 aromatic carbocycles. The zero-order valence-corrected chi connectivity index (χ0v) is 15.0. The minimum Gasteiger partial charge on any atom is -0.480 e. The van der Waals surface area contributed by atoms with Gasteiger partial charge in [0, 0.05) is 11.2 Å². The van der Waals surface area contributed by atoms with Crippen LogP contribution in [0.1, 0.15) is 65.7 Å². The van der Waals surface area contributed by atoms with E-state index in [0.29, 0.717) is 0 Å². The van der Waals surface area contributed by atoms with Gasteiger partial charge in [-0.3, -0.25) is 4.79 Å². The van der Waals surface area contributed by atoms with Crippen LogP contribution in [0.2, 0.25) is 0 Å². The topological polar surface area (TPSA) is 66.4 Å². The second-order valence-electron chi connectivity index (χ2n) is 7.38. The Morgan fingerprint density at radius 1 is 1.32 bits per heavy atom. The van der Waals surface area contributed by atoms with Gasteiger partial charge in [0.2, 0.25) is 5.91 Å². The molecule has 0 spiro atoms. The Morgan fingerprint density at radius 3 is 2.36 bits per heavy atom. The van der Waals surface area contributed by atoms with Crippen molar-refractivity contribution in [2.24, 2.45) is 17.3 Å². The monoisotopic (exact) mass is 329 g/mol. The smallest absolute Gasteiger partial charge is 0.327 e.